The molecule has 0 aliphatic carbocycles. The number of anilines is 1. The number of nitrogens with zero attached hydrogens (tertiary/aromatic N) is 6. The van der Waals surface area contributed by atoms with Crippen LogP contribution in [0.15, 0.2) is 48.3 Å². The number of para-hydroxylation sites is 1. The fourth-order valence-corrected chi connectivity index (χ4v) is 5.97. The molecule has 2 atom stereocenters. The number of hydrogen-bond acceptors (Lipinski definition) is 7. The number of rotatable bonds is 8. The van der Waals surface area contributed by atoms with E-state index in [9.17, 15) is 8.78 Å². The van der Waals surface area contributed by atoms with Gasteiger partial charge in [0.2, 0.25) is 0 Å². The van der Waals surface area contributed by atoms with Gasteiger partial charge in [0.25, 0.3) is 0 Å². The minimum atomic E-state index is -0.472. The molecule has 1 aromatic carbocycles. The SMILES string of the molecule is C=C(N)c1ccc(-c2nnc(SCCCN3C[C@@H]4CCN(c5c(F)cccc5F)[C@@H]4C3)n2C)cn1. The van der Waals surface area contributed by atoms with Gasteiger partial charge in [-0.15, -0.1) is 10.2 Å². The highest BCUT2D eigenvalue weighted by atomic mass is 32.2. The minimum absolute atomic E-state index is 0.133. The zero-order chi connectivity index (χ0) is 24.5. The number of thioether (sulfide) groups is 1. The van der Waals surface area contributed by atoms with Crippen LogP contribution >= 0.6 is 11.8 Å². The van der Waals surface area contributed by atoms with E-state index < -0.39 is 11.6 Å². The van der Waals surface area contributed by atoms with Crippen LogP contribution in [0, 0.1) is 17.6 Å². The fourth-order valence-electron chi connectivity index (χ4n) is 5.13. The van der Waals surface area contributed by atoms with Crippen molar-refractivity contribution in [3.05, 3.63) is 60.4 Å². The molecule has 0 radical (unpaired) electrons. The molecule has 10 heteroatoms. The summed E-state index contributed by atoms with van der Waals surface area (Å²) >= 11 is 1.68. The second-order valence-corrected chi connectivity index (χ2v) is 10.2. The Hall–Kier alpha value is -2.98. The van der Waals surface area contributed by atoms with Gasteiger partial charge in [0.15, 0.2) is 11.0 Å². The van der Waals surface area contributed by atoms with Crippen molar-refractivity contribution in [1.82, 2.24) is 24.6 Å². The van der Waals surface area contributed by atoms with Crippen LogP contribution in [0.1, 0.15) is 18.5 Å². The van der Waals surface area contributed by atoms with E-state index in [4.69, 9.17) is 5.73 Å². The van der Waals surface area contributed by atoms with Gasteiger partial charge in [0.05, 0.1) is 11.4 Å². The van der Waals surface area contributed by atoms with Crippen LogP contribution in [0.2, 0.25) is 0 Å². The number of hydrogen-bond donors (Lipinski definition) is 1. The highest BCUT2D eigenvalue weighted by molar-refractivity contribution is 7.99. The van der Waals surface area contributed by atoms with Crippen molar-refractivity contribution in [2.24, 2.45) is 18.7 Å². The van der Waals surface area contributed by atoms with Gasteiger partial charge in [-0.1, -0.05) is 24.4 Å². The van der Waals surface area contributed by atoms with Crippen LogP contribution in [-0.2, 0) is 7.05 Å². The lowest BCUT2D eigenvalue weighted by molar-refractivity contribution is 0.318. The Kier molecular flexibility index (Phi) is 6.75. The molecule has 0 bridgehead atoms. The summed E-state index contributed by atoms with van der Waals surface area (Å²) in [5, 5.41) is 9.52. The van der Waals surface area contributed by atoms with Gasteiger partial charge in [-0.25, -0.2) is 8.78 Å². The van der Waals surface area contributed by atoms with E-state index >= 15 is 0 Å². The average Bonchev–Trinajstić information content (AvgIpc) is 3.52. The zero-order valence-corrected chi connectivity index (χ0v) is 20.5. The number of benzene rings is 1. The molecule has 4 heterocycles. The summed E-state index contributed by atoms with van der Waals surface area (Å²) in [4.78, 5) is 8.68. The summed E-state index contributed by atoms with van der Waals surface area (Å²) in [7, 11) is 1.95. The summed E-state index contributed by atoms with van der Waals surface area (Å²) in [5.41, 5.74) is 7.78. The van der Waals surface area contributed by atoms with E-state index in [2.05, 4.69) is 26.7 Å². The monoisotopic (exact) mass is 497 g/mol. The lowest BCUT2D eigenvalue weighted by Crippen LogP contribution is -2.36. The molecule has 2 N–H and O–H groups in total. The largest absolute Gasteiger partial charge is 0.397 e. The molecule has 2 aliphatic rings. The van der Waals surface area contributed by atoms with E-state index in [0.717, 1.165) is 54.8 Å². The van der Waals surface area contributed by atoms with Crippen molar-refractivity contribution < 1.29 is 8.78 Å². The first kappa shape index (κ1) is 23.7. The lowest BCUT2D eigenvalue weighted by Gasteiger charge is -2.27. The first-order valence-corrected chi connectivity index (χ1v) is 12.8. The van der Waals surface area contributed by atoms with Crippen LogP contribution in [0.5, 0.6) is 0 Å². The lowest BCUT2D eigenvalue weighted by atomic mass is 10.0. The van der Waals surface area contributed by atoms with Crippen LogP contribution in [0.4, 0.5) is 14.5 Å². The first-order valence-electron chi connectivity index (χ1n) is 11.8. The Bertz CT molecular complexity index is 1190. The maximum Gasteiger partial charge on any atom is 0.191 e. The topological polar surface area (TPSA) is 76.1 Å². The molecule has 0 amide bonds. The Morgan fingerprint density at radius 1 is 1.17 bits per heavy atom. The van der Waals surface area contributed by atoms with Crippen molar-refractivity contribution >= 4 is 23.1 Å². The van der Waals surface area contributed by atoms with Gasteiger partial charge in [-0.2, -0.15) is 0 Å². The number of aromatic nitrogens is 4. The summed E-state index contributed by atoms with van der Waals surface area (Å²) < 4.78 is 30.6. The summed E-state index contributed by atoms with van der Waals surface area (Å²) in [5.74, 6) is 1.18. The predicted molar refractivity (Wildman–Crippen MR) is 135 cm³/mol. The van der Waals surface area contributed by atoms with Gasteiger partial charge in [-0.3, -0.25) is 4.98 Å². The highest BCUT2D eigenvalue weighted by Gasteiger charge is 2.42. The van der Waals surface area contributed by atoms with Gasteiger partial charge >= 0.3 is 0 Å². The molecule has 2 fully saturated rings. The molecule has 2 aliphatic heterocycles. The maximum absolute atomic E-state index is 14.3. The Labute approximate surface area is 208 Å². The summed E-state index contributed by atoms with van der Waals surface area (Å²) in [6.45, 7) is 7.19. The van der Waals surface area contributed by atoms with Gasteiger partial charge in [0.1, 0.15) is 17.3 Å². The number of likely N-dealkylation sites (tertiary alicyclic amines) is 1. The van der Waals surface area contributed by atoms with Crippen LogP contribution in [0.25, 0.3) is 17.1 Å². The van der Waals surface area contributed by atoms with Crippen LogP contribution in [-0.4, -0.2) is 62.6 Å². The second kappa shape index (κ2) is 9.94. The van der Waals surface area contributed by atoms with Crippen molar-refractivity contribution in [2.75, 3.05) is 36.8 Å². The highest BCUT2D eigenvalue weighted by Crippen LogP contribution is 2.37. The molecular formula is C25H29F2N7S. The molecule has 2 aromatic heterocycles. The third-order valence-electron chi connectivity index (χ3n) is 6.88. The third-order valence-corrected chi connectivity index (χ3v) is 7.99. The number of halogens is 2. The zero-order valence-electron chi connectivity index (χ0n) is 19.7. The van der Waals surface area contributed by atoms with E-state index in [0.29, 0.717) is 23.9 Å². The van der Waals surface area contributed by atoms with Gasteiger partial charge < -0.3 is 20.1 Å². The summed E-state index contributed by atoms with van der Waals surface area (Å²) in [6.07, 6.45) is 3.70. The summed E-state index contributed by atoms with van der Waals surface area (Å²) in [6, 6.07) is 8.02. The molecule has 0 spiro atoms. The molecule has 0 unspecified atom stereocenters. The quantitative estimate of drug-likeness (QED) is 0.375. The number of pyridine rings is 1. The van der Waals surface area contributed by atoms with Crippen LogP contribution < -0.4 is 10.6 Å². The minimum Gasteiger partial charge on any atom is -0.397 e. The second-order valence-electron chi connectivity index (χ2n) is 9.16. The van der Waals surface area contributed by atoms with Crippen LogP contribution in [0.3, 0.4) is 0 Å². The van der Waals surface area contributed by atoms with Crippen molar-refractivity contribution in [1.29, 1.82) is 0 Å². The molecular weight excluding hydrogens is 468 g/mol. The molecule has 0 saturated carbocycles. The Morgan fingerprint density at radius 3 is 2.69 bits per heavy atom. The fraction of sp³-hybridized carbons (Fsp3) is 0.400. The number of nitrogens with two attached hydrogens (primary N) is 1. The van der Waals surface area contributed by atoms with Crippen molar-refractivity contribution in [3.63, 3.8) is 0 Å². The van der Waals surface area contributed by atoms with E-state index in [1.807, 2.05) is 28.6 Å². The van der Waals surface area contributed by atoms with Crippen molar-refractivity contribution in [3.8, 4) is 11.4 Å². The third kappa shape index (κ3) is 4.77. The molecule has 5 rings (SSSR count). The molecule has 3 aromatic rings. The van der Waals surface area contributed by atoms with Gasteiger partial charge in [0, 0.05) is 50.2 Å². The Morgan fingerprint density at radius 2 is 1.97 bits per heavy atom. The van der Waals surface area contributed by atoms with Gasteiger partial charge in [-0.05, 0) is 49.6 Å². The van der Waals surface area contributed by atoms with E-state index in [1.165, 1.54) is 18.2 Å². The normalized spacial score (nSPS) is 19.9. The smallest absolute Gasteiger partial charge is 0.191 e. The first-order chi connectivity index (χ1) is 16.9. The van der Waals surface area contributed by atoms with E-state index in [1.54, 1.807) is 18.0 Å². The molecule has 7 nitrogen and oxygen atoms in total. The molecule has 2 saturated heterocycles. The predicted octanol–water partition coefficient (Wildman–Crippen LogP) is 3.78. The number of fused-ring (bicyclic) bond motifs is 1. The van der Waals surface area contributed by atoms with Crippen molar-refractivity contribution in [2.45, 2.75) is 24.0 Å². The maximum atomic E-state index is 14.3. The standard InChI is InChI=1S/C25H29F2N7S/c1-16(28)21-8-7-17(13-29-21)24-30-31-25(32(24)2)35-12-4-10-33-14-18-9-11-34(22(18)15-33)23-19(26)5-3-6-20(23)27/h3,5-8,13,18,22H,1,4,9-12,14-15,28H2,2H3/t18-,22+/m0/s1. The Balaban J connectivity index is 1.13. The van der Waals surface area contributed by atoms with E-state index in [-0.39, 0.29) is 11.7 Å². The molecule has 184 valence electrons. The average molecular weight is 498 g/mol. The molecule has 35 heavy (non-hydrogen) atoms.